The topological polar surface area (TPSA) is 49.7 Å². The molecule has 2 N–H and O–H groups in total. The van der Waals surface area contributed by atoms with Crippen LogP contribution in [0.3, 0.4) is 0 Å². The molecule has 0 radical (unpaired) electrons. The first kappa shape index (κ1) is 10.5. The monoisotopic (exact) mass is 142 g/mol. The third-order valence-electron chi connectivity index (χ3n) is 0.0913. The van der Waals surface area contributed by atoms with Crippen LogP contribution in [0.15, 0.2) is 13.2 Å². The van der Waals surface area contributed by atoms with E-state index < -0.39 is 18.1 Å². The minimum Gasteiger partial charge on any atom is -0.352 e. The van der Waals surface area contributed by atoms with Crippen molar-refractivity contribution in [1.82, 2.24) is 0 Å². The molecular formula is C2H8O3P2. The molecule has 3 nitrogen and oxygen atoms in total. The van der Waals surface area contributed by atoms with Gasteiger partial charge in [-0.05, 0) is 0 Å². The lowest BCUT2D eigenvalue weighted by atomic mass is 11.3. The van der Waals surface area contributed by atoms with Gasteiger partial charge in [0.05, 0.1) is 0 Å². The quantitative estimate of drug-likeness (QED) is 0.443. The minimum atomic E-state index is -0.580. The summed E-state index contributed by atoms with van der Waals surface area (Å²) < 4.78 is 4.00. The molecule has 2 unspecified atom stereocenters. The third kappa shape index (κ3) is 21.1. The van der Waals surface area contributed by atoms with Crippen LogP contribution in [0.25, 0.3) is 0 Å². The molecule has 0 saturated carbocycles. The Hall–Kier alpha value is 0.480. The van der Waals surface area contributed by atoms with Gasteiger partial charge in [-0.25, -0.2) is 0 Å². The van der Waals surface area contributed by atoms with Gasteiger partial charge in [0, 0.05) is 0 Å². The van der Waals surface area contributed by atoms with E-state index in [-0.39, 0.29) is 0 Å². The molecule has 0 rings (SSSR count). The predicted molar refractivity (Wildman–Crippen MR) is 33.4 cm³/mol. The van der Waals surface area contributed by atoms with Gasteiger partial charge in [-0.3, -0.25) is 4.31 Å². The first-order chi connectivity index (χ1) is 3.41. The lowest BCUT2D eigenvalue weighted by Gasteiger charge is -1.82. The molecule has 0 aliphatic rings. The fraction of sp³-hybridized carbons (Fsp3) is 0. The normalized spacial score (nSPS) is 10.0. The van der Waals surface area contributed by atoms with Crippen molar-refractivity contribution < 1.29 is 14.1 Å². The highest BCUT2D eigenvalue weighted by Crippen LogP contribution is 2.17. The van der Waals surface area contributed by atoms with Crippen molar-refractivity contribution in [3.05, 3.63) is 13.2 Å². The summed E-state index contributed by atoms with van der Waals surface area (Å²) in [5.41, 5.74) is 0. The third-order valence-corrected chi connectivity index (χ3v) is 0.822. The second kappa shape index (κ2) is 16.1. The Balaban J connectivity index is 0. The van der Waals surface area contributed by atoms with Gasteiger partial charge in [-0.15, -0.1) is 13.2 Å². The highest BCUT2D eigenvalue weighted by Gasteiger charge is 1.67. The average molecular weight is 142 g/mol. The Bertz CT molecular complexity index is 24.9. The van der Waals surface area contributed by atoms with Crippen LogP contribution in [0.1, 0.15) is 0 Å². The van der Waals surface area contributed by atoms with E-state index in [0.29, 0.717) is 0 Å². The smallest absolute Gasteiger partial charge is 0.158 e. The van der Waals surface area contributed by atoms with Gasteiger partial charge in [-0.2, -0.15) is 0 Å². The number of hydrogen-bond donors (Lipinski definition) is 2. The van der Waals surface area contributed by atoms with E-state index in [0.717, 1.165) is 0 Å². The summed E-state index contributed by atoms with van der Waals surface area (Å²) in [6, 6.07) is 0. The van der Waals surface area contributed by atoms with Gasteiger partial charge in [0.15, 0.2) is 18.1 Å². The van der Waals surface area contributed by atoms with Crippen molar-refractivity contribution in [1.29, 1.82) is 0 Å². The largest absolute Gasteiger partial charge is 0.352 e. The van der Waals surface area contributed by atoms with Crippen LogP contribution >= 0.6 is 18.1 Å². The Kier molecular flexibility index (Phi) is 24.0. The molecule has 0 amide bonds. The van der Waals surface area contributed by atoms with Crippen LogP contribution in [-0.2, 0) is 4.31 Å². The van der Waals surface area contributed by atoms with Gasteiger partial charge in [-0.1, -0.05) is 0 Å². The van der Waals surface area contributed by atoms with Crippen LogP contribution in [0.4, 0.5) is 0 Å². The molecule has 0 aliphatic heterocycles. The first-order valence-corrected chi connectivity index (χ1v) is 3.07. The van der Waals surface area contributed by atoms with E-state index in [2.05, 4.69) is 17.5 Å². The zero-order valence-electron chi connectivity index (χ0n) is 3.72. The second-order valence-corrected chi connectivity index (χ2v) is 1.47. The molecule has 0 saturated heterocycles. The van der Waals surface area contributed by atoms with Gasteiger partial charge in [0.25, 0.3) is 0 Å². The average Bonchev–Trinajstić information content (AvgIpc) is 1.75. The van der Waals surface area contributed by atoms with Gasteiger partial charge in [0.2, 0.25) is 0 Å². The van der Waals surface area contributed by atoms with Crippen LogP contribution in [0, 0.1) is 0 Å². The van der Waals surface area contributed by atoms with Crippen molar-refractivity contribution in [2.75, 3.05) is 0 Å². The summed E-state index contributed by atoms with van der Waals surface area (Å²) in [5.74, 6) is 0. The highest BCUT2D eigenvalue weighted by molar-refractivity contribution is 7.39. The molecule has 0 aromatic rings. The van der Waals surface area contributed by atoms with E-state index >= 15 is 0 Å². The SMILES string of the molecule is C=C.OPOPO. The molecule has 0 aliphatic carbocycles. The van der Waals surface area contributed by atoms with E-state index in [9.17, 15) is 0 Å². The maximum Gasteiger partial charge on any atom is 0.158 e. The Morgan fingerprint density at radius 2 is 1.43 bits per heavy atom. The van der Waals surface area contributed by atoms with E-state index in [4.69, 9.17) is 9.79 Å². The molecule has 0 aromatic carbocycles. The molecule has 44 valence electrons. The first-order valence-electron chi connectivity index (χ1n) is 1.36. The maximum absolute atomic E-state index is 7.72. The van der Waals surface area contributed by atoms with Crippen LogP contribution in [-0.4, -0.2) is 9.79 Å². The number of rotatable bonds is 2. The summed E-state index contributed by atoms with van der Waals surface area (Å²) in [5, 5.41) is 0. The molecule has 7 heavy (non-hydrogen) atoms. The van der Waals surface area contributed by atoms with Crippen LogP contribution in [0.2, 0.25) is 0 Å². The molecule has 5 heteroatoms. The Morgan fingerprint density at radius 3 is 1.43 bits per heavy atom. The van der Waals surface area contributed by atoms with E-state index in [1.165, 1.54) is 0 Å². The van der Waals surface area contributed by atoms with Crippen LogP contribution in [0.5, 0.6) is 0 Å². The Morgan fingerprint density at radius 1 is 1.14 bits per heavy atom. The minimum absolute atomic E-state index is 0.580. The van der Waals surface area contributed by atoms with E-state index in [1.54, 1.807) is 0 Å². The highest BCUT2D eigenvalue weighted by atomic mass is 31.2. The van der Waals surface area contributed by atoms with Gasteiger partial charge in [0.1, 0.15) is 0 Å². The van der Waals surface area contributed by atoms with Gasteiger partial charge < -0.3 is 9.79 Å². The van der Waals surface area contributed by atoms with Gasteiger partial charge >= 0.3 is 0 Å². The zero-order chi connectivity index (χ0) is 6.12. The summed E-state index contributed by atoms with van der Waals surface area (Å²) in [6.07, 6.45) is 0. The summed E-state index contributed by atoms with van der Waals surface area (Å²) in [7, 11) is -1.16. The van der Waals surface area contributed by atoms with Crippen LogP contribution < -0.4 is 0 Å². The Labute approximate surface area is 46.3 Å². The molecular weight excluding hydrogens is 134 g/mol. The fourth-order valence-corrected chi connectivity index (χ4v) is 0.184. The molecule has 0 aromatic heterocycles. The number of hydrogen-bond acceptors (Lipinski definition) is 3. The second-order valence-electron chi connectivity index (χ2n) is 0.285. The summed E-state index contributed by atoms with van der Waals surface area (Å²) in [6.45, 7) is 6.00. The summed E-state index contributed by atoms with van der Waals surface area (Å²) >= 11 is 0. The fourth-order valence-electron chi connectivity index (χ4n) is 0.0204. The molecule has 0 fully saturated rings. The van der Waals surface area contributed by atoms with Crippen molar-refractivity contribution >= 4 is 18.1 Å². The van der Waals surface area contributed by atoms with Crippen molar-refractivity contribution in [2.24, 2.45) is 0 Å². The maximum atomic E-state index is 7.72. The predicted octanol–water partition coefficient (Wildman–Crippen LogP) is 0.807. The summed E-state index contributed by atoms with van der Waals surface area (Å²) in [4.78, 5) is 15.4. The molecule has 0 bridgehead atoms. The van der Waals surface area contributed by atoms with Crippen molar-refractivity contribution in [3.63, 3.8) is 0 Å². The molecule has 0 heterocycles. The lowest BCUT2D eigenvalue weighted by molar-refractivity contribution is 0.496. The van der Waals surface area contributed by atoms with E-state index in [1.807, 2.05) is 0 Å². The van der Waals surface area contributed by atoms with Crippen molar-refractivity contribution in [2.45, 2.75) is 0 Å². The molecule has 2 atom stereocenters. The standard InChI is InChI=1S/C2H4.H4O3P2/c1-2;1-4-3-5-2/h1-2H2;1-2,4-5H. The zero-order valence-corrected chi connectivity index (χ0v) is 5.72. The lowest BCUT2D eigenvalue weighted by Crippen LogP contribution is -1.45. The van der Waals surface area contributed by atoms with Crippen molar-refractivity contribution in [3.8, 4) is 0 Å². The molecule has 0 spiro atoms.